The van der Waals surface area contributed by atoms with Gasteiger partial charge in [-0.1, -0.05) is 46.3 Å². The third-order valence-electron chi connectivity index (χ3n) is 5.89. The topological polar surface area (TPSA) is 81.3 Å². The molecule has 0 unspecified atom stereocenters. The maximum atomic E-state index is 13.2. The number of nitrogens with one attached hydrogen (secondary N) is 2. The van der Waals surface area contributed by atoms with Crippen molar-refractivity contribution in [3.05, 3.63) is 58.7 Å². The van der Waals surface area contributed by atoms with Crippen LogP contribution in [0.3, 0.4) is 0 Å². The van der Waals surface area contributed by atoms with E-state index in [4.69, 9.17) is 0 Å². The van der Waals surface area contributed by atoms with Gasteiger partial charge in [-0.25, -0.2) is 4.79 Å². The zero-order chi connectivity index (χ0) is 20.0. The number of piperidine rings is 1. The Balaban J connectivity index is 1.35. The lowest BCUT2D eigenvalue weighted by Gasteiger charge is -2.38. The predicted octanol–water partition coefficient (Wildman–Crippen LogP) is 3.42. The normalized spacial score (nSPS) is 18.7. The van der Waals surface area contributed by atoms with Crippen molar-refractivity contribution in [1.82, 2.24) is 20.4 Å². The van der Waals surface area contributed by atoms with Crippen LogP contribution in [-0.2, 0) is 11.3 Å². The van der Waals surface area contributed by atoms with Crippen LogP contribution in [0.2, 0.25) is 0 Å². The summed E-state index contributed by atoms with van der Waals surface area (Å²) in [7, 11) is 0. The molecule has 0 saturated carbocycles. The van der Waals surface area contributed by atoms with Crippen molar-refractivity contribution in [2.45, 2.75) is 24.9 Å². The van der Waals surface area contributed by atoms with Gasteiger partial charge in [0.25, 0.3) is 5.91 Å². The second kappa shape index (κ2) is 6.88. The first kappa shape index (κ1) is 18.2. The molecule has 29 heavy (non-hydrogen) atoms. The molecule has 0 bridgehead atoms. The average Bonchev–Trinajstić information content (AvgIpc) is 3.28. The van der Waals surface area contributed by atoms with E-state index < -0.39 is 5.54 Å². The Morgan fingerprint density at radius 1 is 1.10 bits per heavy atom. The summed E-state index contributed by atoms with van der Waals surface area (Å²) < 4.78 is 0.976. The van der Waals surface area contributed by atoms with Crippen LogP contribution in [0.5, 0.6) is 0 Å². The van der Waals surface area contributed by atoms with Gasteiger partial charge in [0.05, 0.1) is 18.3 Å². The number of rotatable bonds is 3. The summed E-state index contributed by atoms with van der Waals surface area (Å²) in [6, 6.07) is 13.4. The fourth-order valence-corrected chi connectivity index (χ4v) is 4.76. The summed E-state index contributed by atoms with van der Waals surface area (Å²) >= 11 is 3.56. The number of nitrogens with zero attached hydrogens (tertiary/aromatic N) is 3. The Morgan fingerprint density at radius 2 is 1.86 bits per heavy atom. The van der Waals surface area contributed by atoms with E-state index in [0.717, 1.165) is 26.6 Å². The van der Waals surface area contributed by atoms with E-state index in [1.807, 2.05) is 42.6 Å². The molecule has 0 radical (unpaired) electrons. The van der Waals surface area contributed by atoms with Gasteiger partial charge in [-0.15, -0.1) is 0 Å². The molecule has 0 atom stereocenters. The van der Waals surface area contributed by atoms with Crippen LogP contribution < -0.4 is 10.2 Å². The summed E-state index contributed by atoms with van der Waals surface area (Å²) in [6.45, 7) is 1.67. The summed E-state index contributed by atoms with van der Waals surface area (Å²) in [5, 5.41) is 11.2. The summed E-state index contributed by atoms with van der Waals surface area (Å²) in [5.74, 6) is -0.117. The van der Waals surface area contributed by atoms with Crippen molar-refractivity contribution in [1.29, 1.82) is 0 Å². The van der Waals surface area contributed by atoms with Gasteiger partial charge in [0.15, 0.2) is 0 Å². The van der Waals surface area contributed by atoms with Gasteiger partial charge >= 0.3 is 6.03 Å². The number of hydrogen-bond acceptors (Lipinski definition) is 4. The number of carbonyl (C=O) groups excluding carboxylic acids is 2. The van der Waals surface area contributed by atoms with Gasteiger partial charge in [-0.05, 0) is 30.5 Å². The standard InChI is InChI=1S/C21H20BrN5O2/c22-15-10-17-16(12-23-25-17)18(11-15)26-8-6-21(7-9-26)19(28)27(20(29)24-21)13-14-4-2-1-3-5-14/h1-5,10-12H,6-9,13H2,(H,23,25)(H,24,29). The minimum atomic E-state index is -0.802. The molecule has 2 saturated heterocycles. The first-order valence-corrected chi connectivity index (χ1v) is 10.4. The second-order valence-electron chi connectivity index (χ2n) is 7.63. The Morgan fingerprint density at radius 3 is 2.62 bits per heavy atom. The highest BCUT2D eigenvalue weighted by molar-refractivity contribution is 9.10. The smallest absolute Gasteiger partial charge is 0.325 e. The number of aromatic nitrogens is 2. The number of anilines is 1. The number of hydrogen-bond donors (Lipinski definition) is 2. The van der Waals surface area contributed by atoms with Gasteiger partial charge in [0.1, 0.15) is 5.54 Å². The highest BCUT2D eigenvalue weighted by atomic mass is 79.9. The number of benzene rings is 2. The van der Waals surface area contributed by atoms with Crippen LogP contribution in [0, 0.1) is 0 Å². The van der Waals surface area contributed by atoms with Crippen molar-refractivity contribution >= 4 is 44.5 Å². The summed E-state index contributed by atoms with van der Waals surface area (Å²) in [6.07, 6.45) is 2.98. The number of fused-ring (bicyclic) bond motifs is 1. The highest BCUT2D eigenvalue weighted by Crippen LogP contribution is 2.36. The van der Waals surface area contributed by atoms with Gasteiger partial charge in [0.2, 0.25) is 0 Å². The number of amides is 3. The first-order chi connectivity index (χ1) is 14.1. The van der Waals surface area contributed by atoms with E-state index in [2.05, 4.69) is 42.4 Å². The van der Waals surface area contributed by atoms with Gasteiger partial charge < -0.3 is 10.2 Å². The zero-order valence-corrected chi connectivity index (χ0v) is 17.3. The maximum Gasteiger partial charge on any atom is 0.325 e. The van der Waals surface area contributed by atoms with Crippen LogP contribution in [0.1, 0.15) is 18.4 Å². The molecule has 1 spiro atoms. The molecule has 2 aliphatic rings. The monoisotopic (exact) mass is 453 g/mol. The Labute approximate surface area is 176 Å². The molecule has 2 N–H and O–H groups in total. The Hall–Kier alpha value is -2.87. The fourth-order valence-electron chi connectivity index (χ4n) is 4.31. The molecule has 5 rings (SSSR count). The molecular formula is C21H20BrN5O2. The van der Waals surface area contributed by atoms with Gasteiger partial charge in [-0.2, -0.15) is 5.10 Å². The third kappa shape index (κ3) is 3.07. The number of aromatic amines is 1. The molecule has 1 aromatic heterocycles. The molecule has 2 aromatic carbocycles. The van der Waals surface area contributed by atoms with Crippen molar-refractivity contribution in [3.8, 4) is 0 Å². The molecule has 8 heteroatoms. The van der Waals surface area contributed by atoms with Crippen LogP contribution >= 0.6 is 15.9 Å². The highest BCUT2D eigenvalue weighted by Gasteiger charge is 2.52. The molecule has 3 heterocycles. The van der Waals surface area contributed by atoms with Crippen molar-refractivity contribution in [3.63, 3.8) is 0 Å². The fraction of sp³-hybridized carbons (Fsp3) is 0.286. The summed E-state index contributed by atoms with van der Waals surface area (Å²) in [5.41, 5.74) is 2.19. The van der Waals surface area contributed by atoms with E-state index in [0.29, 0.717) is 32.5 Å². The predicted molar refractivity (Wildman–Crippen MR) is 113 cm³/mol. The van der Waals surface area contributed by atoms with E-state index in [-0.39, 0.29) is 11.9 Å². The van der Waals surface area contributed by atoms with Crippen LogP contribution in [0.15, 0.2) is 53.1 Å². The Bertz CT molecular complexity index is 1090. The average molecular weight is 454 g/mol. The zero-order valence-electron chi connectivity index (χ0n) is 15.7. The molecular weight excluding hydrogens is 434 g/mol. The van der Waals surface area contributed by atoms with Gasteiger partial charge in [-0.3, -0.25) is 14.8 Å². The number of urea groups is 1. The van der Waals surface area contributed by atoms with E-state index in [9.17, 15) is 9.59 Å². The molecule has 2 fully saturated rings. The molecule has 7 nitrogen and oxygen atoms in total. The van der Waals surface area contributed by atoms with Gasteiger partial charge in [0, 0.05) is 28.6 Å². The lowest BCUT2D eigenvalue weighted by Crippen LogP contribution is -2.55. The quantitative estimate of drug-likeness (QED) is 0.595. The first-order valence-electron chi connectivity index (χ1n) is 9.61. The number of H-pyrrole nitrogens is 1. The number of imide groups is 1. The second-order valence-corrected chi connectivity index (χ2v) is 8.55. The third-order valence-corrected chi connectivity index (χ3v) is 6.35. The number of carbonyl (C=O) groups is 2. The van der Waals surface area contributed by atoms with Crippen LogP contribution in [0.25, 0.3) is 10.9 Å². The maximum absolute atomic E-state index is 13.2. The van der Waals surface area contributed by atoms with Crippen LogP contribution in [-0.4, -0.2) is 45.7 Å². The van der Waals surface area contributed by atoms with Crippen LogP contribution in [0.4, 0.5) is 10.5 Å². The minimum absolute atomic E-state index is 0.117. The summed E-state index contributed by atoms with van der Waals surface area (Å²) in [4.78, 5) is 29.3. The molecule has 0 aliphatic carbocycles. The molecule has 148 valence electrons. The Kier molecular flexibility index (Phi) is 4.31. The molecule has 2 aliphatic heterocycles. The van der Waals surface area contributed by atoms with Crippen molar-refractivity contribution in [2.24, 2.45) is 0 Å². The van der Waals surface area contributed by atoms with Crippen molar-refractivity contribution < 1.29 is 9.59 Å². The van der Waals surface area contributed by atoms with E-state index >= 15 is 0 Å². The number of halogens is 1. The lowest BCUT2D eigenvalue weighted by molar-refractivity contribution is -0.132. The lowest BCUT2D eigenvalue weighted by atomic mass is 9.87. The molecule has 3 aromatic rings. The minimum Gasteiger partial charge on any atom is -0.371 e. The van der Waals surface area contributed by atoms with Crippen molar-refractivity contribution in [2.75, 3.05) is 18.0 Å². The van der Waals surface area contributed by atoms with E-state index in [1.165, 1.54) is 4.90 Å². The molecule has 3 amide bonds. The SMILES string of the molecule is O=C1NC2(CCN(c3cc(Br)cc4[nH]ncc34)CC2)C(=O)N1Cc1ccccc1. The van der Waals surface area contributed by atoms with E-state index in [1.54, 1.807) is 0 Å². The largest absolute Gasteiger partial charge is 0.371 e.